The molecule has 0 spiro atoms. The number of ether oxygens (including phenoxy) is 2. The van der Waals surface area contributed by atoms with Crippen molar-refractivity contribution < 1.29 is 9.47 Å². The molecule has 0 aliphatic carbocycles. The van der Waals surface area contributed by atoms with Crippen molar-refractivity contribution in [1.29, 1.82) is 0 Å². The number of thiophene rings is 1. The van der Waals surface area contributed by atoms with Gasteiger partial charge in [0.15, 0.2) is 17.3 Å². The number of para-hydroxylation sites is 1. The third kappa shape index (κ3) is 3.48. The van der Waals surface area contributed by atoms with Crippen LogP contribution in [0.25, 0.3) is 10.7 Å². The Morgan fingerprint density at radius 3 is 2.85 bits per heavy atom. The minimum Gasteiger partial charge on any atom is -0.493 e. The maximum atomic E-state index is 12.6. The third-order valence-corrected chi connectivity index (χ3v) is 5.66. The van der Waals surface area contributed by atoms with Gasteiger partial charge in [0.1, 0.15) is 0 Å². The lowest BCUT2D eigenvalue weighted by atomic mass is 10.1. The van der Waals surface area contributed by atoms with E-state index in [4.69, 9.17) is 14.5 Å². The molecule has 0 unspecified atom stereocenters. The van der Waals surface area contributed by atoms with E-state index in [2.05, 4.69) is 9.88 Å². The van der Waals surface area contributed by atoms with Crippen molar-refractivity contribution in [2.75, 3.05) is 20.8 Å². The molecule has 140 valence electrons. The second-order valence-corrected chi connectivity index (χ2v) is 7.38. The largest absolute Gasteiger partial charge is 0.493 e. The van der Waals surface area contributed by atoms with E-state index in [9.17, 15) is 4.79 Å². The molecule has 0 saturated carbocycles. The highest BCUT2D eigenvalue weighted by atomic mass is 32.1. The van der Waals surface area contributed by atoms with E-state index in [1.807, 2.05) is 35.7 Å². The van der Waals surface area contributed by atoms with Crippen LogP contribution in [0.5, 0.6) is 11.5 Å². The molecule has 0 fully saturated rings. The number of hydrogen-bond acceptors (Lipinski definition) is 6. The lowest BCUT2D eigenvalue weighted by molar-refractivity contribution is 0.237. The Morgan fingerprint density at radius 2 is 2.11 bits per heavy atom. The molecule has 3 aromatic rings. The van der Waals surface area contributed by atoms with E-state index >= 15 is 0 Å². The molecular weight excluding hydrogens is 362 g/mol. The Hall–Kier alpha value is -2.64. The van der Waals surface area contributed by atoms with Crippen molar-refractivity contribution in [1.82, 2.24) is 14.9 Å². The van der Waals surface area contributed by atoms with Crippen LogP contribution in [0.2, 0.25) is 0 Å². The van der Waals surface area contributed by atoms with Gasteiger partial charge in [-0.2, -0.15) is 0 Å². The van der Waals surface area contributed by atoms with Gasteiger partial charge in [0.2, 0.25) is 0 Å². The van der Waals surface area contributed by atoms with Gasteiger partial charge in [-0.1, -0.05) is 18.2 Å². The normalized spacial score (nSPS) is 14.0. The summed E-state index contributed by atoms with van der Waals surface area (Å²) in [5, 5.41) is 1.98. The van der Waals surface area contributed by atoms with Crippen LogP contribution in [-0.2, 0) is 19.5 Å². The number of aromatic amines is 1. The minimum atomic E-state index is -0.0503. The second-order valence-electron chi connectivity index (χ2n) is 6.43. The molecule has 1 aliphatic rings. The summed E-state index contributed by atoms with van der Waals surface area (Å²) >= 11 is 1.58. The number of hydrogen-bond donors (Lipinski definition) is 1. The van der Waals surface area contributed by atoms with Crippen LogP contribution < -0.4 is 15.0 Å². The average Bonchev–Trinajstić information content (AvgIpc) is 3.23. The zero-order valence-electron chi connectivity index (χ0n) is 15.3. The number of fused-ring (bicyclic) bond motifs is 1. The molecule has 0 atom stereocenters. The van der Waals surface area contributed by atoms with Crippen molar-refractivity contribution in [3.63, 3.8) is 0 Å². The van der Waals surface area contributed by atoms with Crippen LogP contribution in [0.1, 0.15) is 16.8 Å². The van der Waals surface area contributed by atoms with Gasteiger partial charge in [-0.15, -0.1) is 11.3 Å². The van der Waals surface area contributed by atoms with Gasteiger partial charge < -0.3 is 14.5 Å². The SMILES string of the molecule is COc1cccc(CN2CCc3nc(-c4cccs4)[nH]c(=O)c3C2)c1OC. The molecule has 2 aromatic heterocycles. The van der Waals surface area contributed by atoms with Crippen molar-refractivity contribution >= 4 is 11.3 Å². The number of H-pyrrole nitrogens is 1. The first kappa shape index (κ1) is 17.8. The predicted molar refractivity (Wildman–Crippen MR) is 106 cm³/mol. The quantitative estimate of drug-likeness (QED) is 0.733. The second kappa shape index (κ2) is 7.54. The van der Waals surface area contributed by atoms with Crippen LogP contribution in [-0.4, -0.2) is 35.6 Å². The fraction of sp³-hybridized carbons (Fsp3) is 0.300. The predicted octanol–water partition coefficient (Wildman–Crippen LogP) is 3.07. The first-order valence-corrected chi connectivity index (χ1v) is 9.65. The van der Waals surface area contributed by atoms with Gasteiger partial charge in [-0.3, -0.25) is 9.69 Å². The van der Waals surface area contributed by atoms with E-state index < -0.39 is 0 Å². The summed E-state index contributed by atoms with van der Waals surface area (Å²) in [6.45, 7) is 2.10. The van der Waals surface area contributed by atoms with Crippen molar-refractivity contribution in [3.05, 3.63) is 62.9 Å². The fourth-order valence-electron chi connectivity index (χ4n) is 3.47. The Kier molecular flexibility index (Phi) is 4.96. The highest BCUT2D eigenvalue weighted by Crippen LogP contribution is 2.32. The molecular formula is C20H21N3O3S. The summed E-state index contributed by atoms with van der Waals surface area (Å²) in [6.07, 6.45) is 0.754. The maximum Gasteiger partial charge on any atom is 0.255 e. The summed E-state index contributed by atoms with van der Waals surface area (Å²) in [5.74, 6) is 2.12. The minimum absolute atomic E-state index is 0.0503. The smallest absolute Gasteiger partial charge is 0.255 e. The number of rotatable bonds is 5. The molecule has 0 bridgehead atoms. The molecule has 0 saturated heterocycles. The zero-order valence-corrected chi connectivity index (χ0v) is 16.1. The highest BCUT2D eigenvalue weighted by molar-refractivity contribution is 7.13. The van der Waals surface area contributed by atoms with Crippen LogP contribution in [0, 0.1) is 0 Å². The fourth-order valence-corrected chi connectivity index (χ4v) is 4.13. The number of benzene rings is 1. The summed E-state index contributed by atoms with van der Waals surface area (Å²) in [4.78, 5) is 23.5. The summed E-state index contributed by atoms with van der Waals surface area (Å²) < 4.78 is 10.9. The first-order valence-electron chi connectivity index (χ1n) is 8.77. The van der Waals surface area contributed by atoms with Crippen LogP contribution in [0.15, 0.2) is 40.5 Å². The molecule has 6 nitrogen and oxygen atoms in total. The van der Waals surface area contributed by atoms with Gasteiger partial charge in [0.05, 0.1) is 30.4 Å². The van der Waals surface area contributed by atoms with E-state index in [-0.39, 0.29) is 5.56 Å². The topological polar surface area (TPSA) is 67.5 Å². The molecule has 1 aliphatic heterocycles. The van der Waals surface area contributed by atoms with Gasteiger partial charge in [-0.25, -0.2) is 4.98 Å². The molecule has 0 radical (unpaired) electrons. The number of aromatic nitrogens is 2. The van der Waals surface area contributed by atoms with E-state index in [0.29, 0.717) is 24.7 Å². The maximum absolute atomic E-state index is 12.6. The van der Waals surface area contributed by atoms with E-state index in [0.717, 1.165) is 40.4 Å². The van der Waals surface area contributed by atoms with Gasteiger partial charge >= 0.3 is 0 Å². The molecule has 27 heavy (non-hydrogen) atoms. The summed E-state index contributed by atoms with van der Waals surface area (Å²) in [6, 6.07) is 9.80. The first-order chi connectivity index (χ1) is 13.2. The van der Waals surface area contributed by atoms with Crippen molar-refractivity contribution in [3.8, 4) is 22.2 Å². The monoisotopic (exact) mass is 383 g/mol. The van der Waals surface area contributed by atoms with Crippen LogP contribution >= 0.6 is 11.3 Å². The Labute approximate surface area is 161 Å². The third-order valence-electron chi connectivity index (χ3n) is 4.78. The molecule has 1 N–H and O–H groups in total. The van der Waals surface area contributed by atoms with Gasteiger partial charge in [-0.05, 0) is 17.5 Å². The molecule has 4 rings (SSSR count). The van der Waals surface area contributed by atoms with Crippen molar-refractivity contribution in [2.24, 2.45) is 0 Å². The lowest BCUT2D eigenvalue weighted by Gasteiger charge is -2.28. The molecule has 1 aromatic carbocycles. The lowest BCUT2D eigenvalue weighted by Crippen LogP contribution is -2.35. The Bertz CT molecular complexity index is 998. The zero-order chi connectivity index (χ0) is 18.8. The Morgan fingerprint density at radius 1 is 1.22 bits per heavy atom. The summed E-state index contributed by atoms with van der Waals surface area (Å²) in [5.41, 5.74) is 2.64. The number of methoxy groups -OCH3 is 2. The van der Waals surface area contributed by atoms with Crippen molar-refractivity contribution in [2.45, 2.75) is 19.5 Å². The summed E-state index contributed by atoms with van der Waals surface area (Å²) in [7, 11) is 3.28. The highest BCUT2D eigenvalue weighted by Gasteiger charge is 2.23. The molecule has 0 amide bonds. The van der Waals surface area contributed by atoms with Gasteiger partial charge in [0, 0.05) is 31.6 Å². The van der Waals surface area contributed by atoms with E-state index in [1.54, 1.807) is 25.6 Å². The molecule has 7 heteroatoms. The Balaban J connectivity index is 1.58. The van der Waals surface area contributed by atoms with E-state index in [1.165, 1.54) is 0 Å². The number of nitrogens with one attached hydrogen (secondary N) is 1. The molecule has 3 heterocycles. The standard InChI is InChI=1S/C20H21N3O3S/c1-25-16-6-3-5-13(18(16)26-2)11-23-9-8-15-14(12-23)20(24)22-19(21-15)17-7-4-10-27-17/h3-7,10H,8-9,11-12H2,1-2H3,(H,21,22,24). The van der Waals surface area contributed by atoms with Crippen LogP contribution in [0.4, 0.5) is 0 Å². The average molecular weight is 383 g/mol. The number of nitrogens with zero attached hydrogens (tertiary/aromatic N) is 2. The van der Waals surface area contributed by atoms with Crippen LogP contribution in [0.3, 0.4) is 0 Å². The van der Waals surface area contributed by atoms with Gasteiger partial charge in [0.25, 0.3) is 5.56 Å².